The fraction of sp³-hybridized carbons (Fsp3) is 0.640. The van der Waals surface area contributed by atoms with Gasteiger partial charge in [-0.1, -0.05) is 30.7 Å². The first-order valence-electron chi connectivity index (χ1n) is 11.7. The predicted octanol–water partition coefficient (Wildman–Crippen LogP) is 4.65. The van der Waals surface area contributed by atoms with E-state index in [1.807, 2.05) is 0 Å². The summed E-state index contributed by atoms with van der Waals surface area (Å²) in [6.45, 7) is 12.4. The van der Waals surface area contributed by atoms with Crippen LogP contribution in [0.2, 0.25) is 0 Å². The van der Waals surface area contributed by atoms with Gasteiger partial charge in [-0.25, -0.2) is 0 Å². The van der Waals surface area contributed by atoms with Crippen LogP contribution in [-0.2, 0) is 26.1 Å². The molecule has 0 unspecified atom stereocenters. The first-order valence-corrected chi connectivity index (χ1v) is 11.7. The predicted molar refractivity (Wildman–Crippen MR) is 120 cm³/mol. The lowest BCUT2D eigenvalue weighted by atomic mass is 9.89. The summed E-state index contributed by atoms with van der Waals surface area (Å²) in [5, 5.41) is 4.60. The third-order valence-electron chi connectivity index (χ3n) is 6.88. The van der Waals surface area contributed by atoms with Crippen LogP contribution >= 0.6 is 0 Å². The summed E-state index contributed by atoms with van der Waals surface area (Å²) < 4.78 is 2.06. The molecule has 0 N–H and O–H groups in total. The Morgan fingerprint density at radius 1 is 0.862 bits per heavy atom. The van der Waals surface area contributed by atoms with Crippen molar-refractivity contribution in [2.45, 2.75) is 72.0 Å². The first kappa shape index (κ1) is 20.6. The normalized spacial score (nSPS) is 19.7. The minimum absolute atomic E-state index is 0.832. The molecule has 0 saturated carbocycles. The van der Waals surface area contributed by atoms with Crippen molar-refractivity contribution in [1.29, 1.82) is 0 Å². The highest BCUT2D eigenvalue weighted by Crippen LogP contribution is 2.24. The topological polar surface area (TPSA) is 24.3 Å². The van der Waals surface area contributed by atoms with Gasteiger partial charge in [-0.3, -0.25) is 14.5 Å². The molecule has 0 amide bonds. The number of hydrogen-bond donors (Lipinski definition) is 0. The molecule has 2 aliphatic rings. The van der Waals surface area contributed by atoms with Crippen molar-refractivity contribution in [2.75, 3.05) is 26.2 Å². The lowest BCUT2D eigenvalue weighted by Gasteiger charge is -2.32. The Labute approximate surface area is 176 Å². The highest BCUT2D eigenvalue weighted by molar-refractivity contribution is 5.23. The second-order valence-electron chi connectivity index (χ2n) is 9.17. The van der Waals surface area contributed by atoms with Crippen LogP contribution in [0.1, 0.15) is 61.4 Å². The Morgan fingerprint density at radius 3 is 2.17 bits per heavy atom. The molecule has 0 aliphatic carbocycles. The fourth-order valence-electron chi connectivity index (χ4n) is 4.96. The first-order chi connectivity index (χ1) is 14.2. The van der Waals surface area contributed by atoms with E-state index in [4.69, 9.17) is 0 Å². The number of aryl methyl sites for hydroxylation is 2. The van der Waals surface area contributed by atoms with Gasteiger partial charge in [-0.15, -0.1) is 0 Å². The van der Waals surface area contributed by atoms with Crippen LogP contribution in [-0.4, -0.2) is 45.8 Å². The molecule has 4 nitrogen and oxygen atoms in total. The summed E-state index contributed by atoms with van der Waals surface area (Å²) in [7, 11) is 0. The molecule has 2 saturated heterocycles. The van der Waals surface area contributed by atoms with E-state index in [1.165, 1.54) is 87.1 Å². The van der Waals surface area contributed by atoms with E-state index in [1.54, 1.807) is 0 Å². The van der Waals surface area contributed by atoms with Crippen LogP contribution in [0.4, 0.5) is 0 Å². The van der Waals surface area contributed by atoms with Gasteiger partial charge >= 0.3 is 0 Å². The Hall–Kier alpha value is -1.65. The van der Waals surface area contributed by atoms with Gasteiger partial charge in [0.1, 0.15) is 0 Å². The number of aromatic nitrogens is 2. The van der Waals surface area contributed by atoms with Crippen molar-refractivity contribution in [3.05, 3.63) is 52.8 Å². The van der Waals surface area contributed by atoms with Gasteiger partial charge in [0.25, 0.3) is 0 Å². The largest absolute Gasteiger partial charge is 0.299 e. The van der Waals surface area contributed by atoms with E-state index in [0.29, 0.717) is 0 Å². The van der Waals surface area contributed by atoms with E-state index >= 15 is 0 Å². The number of likely N-dealkylation sites (tertiary alicyclic amines) is 2. The van der Waals surface area contributed by atoms with Crippen LogP contribution in [0.15, 0.2) is 30.5 Å². The quantitative estimate of drug-likeness (QED) is 0.683. The number of nitrogens with zero attached hydrogens (tertiary/aromatic N) is 4. The maximum absolute atomic E-state index is 4.60. The Morgan fingerprint density at radius 2 is 1.52 bits per heavy atom. The second-order valence-corrected chi connectivity index (χ2v) is 9.17. The van der Waals surface area contributed by atoms with Crippen molar-refractivity contribution in [1.82, 2.24) is 19.6 Å². The van der Waals surface area contributed by atoms with Gasteiger partial charge in [0.05, 0.1) is 5.69 Å². The van der Waals surface area contributed by atoms with Crippen molar-refractivity contribution >= 4 is 0 Å². The van der Waals surface area contributed by atoms with E-state index in [-0.39, 0.29) is 0 Å². The standard InChI is InChI=1S/C25H38N4/c1-3-29-20-25(21(2)26-29)19-28-15-11-23(12-16-28)17-22-7-9-24(10-8-22)18-27-13-5-4-6-14-27/h7-10,20,23H,3-6,11-19H2,1-2H3. The van der Waals surface area contributed by atoms with Gasteiger partial charge in [-0.05, 0) is 89.2 Å². The summed E-state index contributed by atoms with van der Waals surface area (Å²) in [6.07, 6.45) is 10.3. The molecule has 2 fully saturated rings. The SMILES string of the molecule is CCn1cc(CN2CCC(Cc3ccc(CN4CCCCC4)cc3)CC2)c(C)n1. The van der Waals surface area contributed by atoms with Crippen LogP contribution in [0.25, 0.3) is 0 Å². The van der Waals surface area contributed by atoms with Crippen molar-refractivity contribution in [3.8, 4) is 0 Å². The molecular weight excluding hydrogens is 356 g/mol. The zero-order valence-corrected chi connectivity index (χ0v) is 18.4. The molecule has 29 heavy (non-hydrogen) atoms. The van der Waals surface area contributed by atoms with E-state index in [2.05, 4.69) is 63.9 Å². The third kappa shape index (κ3) is 5.70. The molecule has 1 aromatic heterocycles. The number of benzene rings is 1. The van der Waals surface area contributed by atoms with Crippen LogP contribution in [0.3, 0.4) is 0 Å². The Balaban J connectivity index is 1.22. The average Bonchev–Trinajstić information content (AvgIpc) is 3.11. The smallest absolute Gasteiger partial charge is 0.0638 e. The summed E-state index contributed by atoms with van der Waals surface area (Å²) in [6, 6.07) is 9.50. The van der Waals surface area contributed by atoms with Crippen molar-refractivity contribution < 1.29 is 0 Å². The molecule has 1 aromatic carbocycles. The molecule has 0 spiro atoms. The van der Waals surface area contributed by atoms with Crippen LogP contribution in [0, 0.1) is 12.8 Å². The summed E-state index contributed by atoms with van der Waals surface area (Å²) in [5.74, 6) is 0.832. The van der Waals surface area contributed by atoms with Crippen LogP contribution < -0.4 is 0 Å². The van der Waals surface area contributed by atoms with Gasteiger partial charge in [0.2, 0.25) is 0 Å². The van der Waals surface area contributed by atoms with E-state index < -0.39 is 0 Å². The minimum atomic E-state index is 0.832. The molecule has 0 bridgehead atoms. The molecule has 2 aromatic rings. The molecule has 4 heteroatoms. The monoisotopic (exact) mass is 394 g/mol. The number of hydrogen-bond acceptors (Lipinski definition) is 3. The van der Waals surface area contributed by atoms with E-state index in [9.17, 15) is 0 Å². The average molecular weight is 395 g/mol. The minimum Gasteiger partial charge on any atom is -0.299 e. The van der Waals surface area contributed by atoms with Gasteiger partial charge in [-0.2, -0.15) is 5.10 Å². The summed E-state index contributed by atoms with van der Waals surface area (Å²) in [4.78, 5) is 5.22. The second kappa shape index (κ2) is 9.90. The van der Waals surface area contributed by atoms with E-state index in [0.717, 1.165) is 25.6 Å². The third-order valence-corrected chi connectivity index (χ3v) is 6.88. The highest BCUT2D eigenvalue weighted by Gasteiger charge is 2.20. The fourth-order valence-corrected chi connectivity index (χ4v) is 4.96. The zero-order valence-electron chi connectivity index (χ0n) is 18.4. The van der Waals surface area contributed by atoms with Crippen LogP contribution in [0.5, 0.6) is 0 Å². The summed E-state index contributed by atoms with van der Waals surface area (Å²) in [5.41, 5.74) is 5.59. The molecule has 3 heterocycles. The lowest BCUT2D eigenvalue weighted by Crippen LogP contribution is -2.34. The number of rotatable bonds is 7. The van der Waals surface area contributed by atoms with Crippen molar-refractivity contribution in [3.63, 3.8) is 0 Å². The summed E-state index contributed by atoms with van der Waals surface area (Å²) >= 11 is 0. The van der Waals surface area contributed by atoms with Crippen molar-refractivity contribution in [2.24, 2.45) is 5.92 Å². The Bertz CT molecular complexity index is 750. The van der Waals surface area contributed by atoms with Gasteiger partial charge in [0, 0.05) is 31.4 Å². The highest BCUT2D eigenvalue weighted by atomic mass is 15.3. The number of piperidine rings is 2. The zero-order chi connectivity index (χ0) is 20.1. The molecule has 158 valence electrons. The van der Waals surface area contributed by atoms with Gasteiger partial charge < -0.3 is 0 Å². The maximum atomic E-state index is 4.60. The maximum Gasteiger partial charge on any atom is 0.0638 e. The molecule has 4 rings (SSSR count). The molecule has 0 radical (unpaired) electrons. The molecular formula is C25H38N4. The van der Waals surface area contributed by atoms with Gasteiger partial charge in [0.15, 0.2) is 0 Å². The molecule has 2 aliphatic heterocycles. The molecule has 0 atom stereocenters. The Kier molecular flexibility index (Phi) is 7.04. The lowest BCUT2D eigenvalue weighted by molar-refractivity contribution is 0.176.